The highest BCUT2D eigenvalue weighted by Crippen LogP contribution is 2.34. The molecular weight excluding hydrogens is 434 g/mol. The van der Waals surface area contributed by atoms with Gasteiger partial charge >= 0.3 is 0 Å². The van der Waals surface area contributed by atoms with Gasteiger partial charge in [0.2, 0.25) is 15.9 Å². The van der Waals surface area contributed by atoms with E-state index in [1.807, 2.05) is 18.2 Å². The lowest BCUT2D eigenvalue weighted by Crippen LogP contribution is -2.46. The van der Waals surface area contributed by atoms with Crippen molar-refractivity contribution in [2.45, 2.75) is 19.3 Å². The summed E-state index contributed by atoms with van der Waals surface area (Å²) in [6, 6.07) is 13.8. The number of nitrogens with zero attached hydrogens (tertiary/aromatic N) is 3. The second-order valence-electron chi connectivity index (χ2n) is 7.90. The minimum absolute atomic E-state index is 0.0310. The van der Waals surface area contributed by atoms with Crippen molar-refractivity contribution in [2.75, 3.05) is 37.3 Å². The van der Waals surface area contributed by atoms with Crippen molar-refractivity contribution in [3.05, 3.63) is 64.2 Å². The van der Waals surface area contributed by atoms with Gasteiger partial charge in [0.1, 0.15) is 18.0 Å². The van der Waals surface area contributed by atoms with Crippen LogP contribution in [0.1, 0.15) is 18.4 Å². The van der Waals surface area contributed by atoms with Gasteiger partial charge in [-0.25, -0.2) is 8.42 Å². The molecule has 1 heterocycles. The number of methoxy groups -OCH3 is 1. The Kier molecular flexibility index (Phi) is 7.34. The number of nitro benzene ring substituents is 1. The molecule has 0 radical (unpaired) electrons. The molecule has 1 amide bonds. The van der Waals surface area contributed by atoms with Crippen LogP contribution in [0.2, 0.25) is 0 Å². The fourth-order valence-electron chi connectivity index (χ4n) is 3.92. The van der Waals surface area contributed by atoms with E-state index >= 15 is 0 Å². The van der Waals surface area contributed by atoms with Crippen LogP contribution in [0.4, 0.5) is 11.4 Å². The molecule has 1 aliphatic heterocycles. The van der Waals surface area contributed by atoms with Crippen molar-refractivity contribution in [1.29, 1.82) is 0 Å². The first-order valence-corrected chi connectivity index (χ1v) is 12.2. The Balaban J connectivity index is 1.72. The number of hydrogen-bond acceptors (Lipinski definition) is 6. The third-order valence-corrected chi connectivity index (χ3v) is 6.78. The number of amides is 1. The van der Waals surface area contributed by atoms with Gasteiger partial charge in [-0.15, -0.1) is 0 Å². The number of likely N-dealkylation sites (tertiary alicyclic amines) is 1. The summed E-state index contributed by atoms with van der Waals surface area (Å²) in [4.78, 5) is 25.2. The Hall–Kier alpha value is -3.14. The minimum Gasteiger partial charge on any atom is -0.495 e. The molecule has 1 aliphatic rings. The zero-order valence-corrected chi connectivity index (χ0v) is 19.0. The molecule has 1 fully saturated rings. The largest absolute Gasteiger partial charge is 0.495 e. The van der Waals surface area contributed by atoms with Crippen LogP contribution in [0.25, 0.3) is 0 Å². The fraction of sp³-hybridized carbons (Fsp3) is 0.409. The summed E-state index contributed by atoms with van der Waals surface area (Å²) in [5, 5.41) is 11.2. The first-order chi connectivity index (χ1) is 15.2. The number of non-ortho nitro benzene ring substituents is 1. The smallest absolute Gasteiger partial charge is 0.271 e. The van der Waals surface area contributed by atoms with Gasteiger partial charge in [-0.1, -0.05) is 30.3 Å². The second-order valence-corrected chi connectivity index (χ2v) is 9.80. The molecule has 3 rings (SSSR count). The number of piperidine rings is 1. The second kappa shape index (κ2) is 9.99. The van der Waals surface area contributed by atoms with Gasteiger partial charge in [0.15, 0.2) is 0 Å². The molecule has 0 aliphatic carbocycles. The SMILES string of the molecule is COc1ccc([N+](=O)[O-])cc1N(CC(=O)N1CCC(Cc2ccccc2)CC1)S(C)(=O)=O. The highest BCUT2D eigenvalue weighted by atomic mass is 32.2. The van der Waals surface area contributed by atoms with Crippen molar-refractivity contribution in [3.8, 4) is 5.75 Å². The lowest BCUT2D eigenvalue weighted by molar-refractivity contribution is -0.384. The van der Waals surface area contributed by atoms with Gasteiger partial charge in [-0.2, -0.15) is 0 Å². The summed E-state index contributed by atoms with van der Waals surface area (Å²) >= 11 is 0. The number of ether oxygens (including phenoxy) is 1. The van der Waals surface area contributed by atoms with Gasteiger partial charge in [0, 0.05) is 25.2 Å². The van der Waals surface area contributed by atoms with E-state index in [4.69, 9.17) is 4.74 Å². The number of carbonyl (C=O) groups excluding carboxylic acids is 1. The maximum Gasteiger partial charge on any atom is 0.271 e. The van der Waals surface area contributed by atoms with Crippen molar-refractivity contribution >= 4 is 27.3 Å². The molecule has 0 atom stereocenters. The molecule has 0 spiro atoms. The maximum atomic E-state index is 13.0. The summed E-state index contributed by atoms with van der Waals surface area (Å²) in [6.45, 7) is 0.639. The summed E-state index contributed by atoms with van der Waals surface area (Å²) < 4.78 is 31.0. The highest BCUT2D eigenvalue weighted by molar-refractivity contribution is 7.92. The van der Waals surface area contributed by atoms with Gasteiger partial charge in [-0.3, -0.25) is 19.2 Å². The van der Waals surface area contributed by atoms with E-state index in [2.05, 4.69) is 12.1 Å². The Morgan fingerprint density at radius 3 is 2.41 bits per heavy atom. The van der Waals surface area contributed by atoms with E-state index in [1.165, 1.54) is 24.8 Å². The molecule has 10 heteroatoms. The summed E-state index contributed by atoms with van der Waals surface area (Å²) in [6.07, 6.45) is 3.58. The standard InChI is InChI=1S/C22H27N3O6S/c1-31-21-9-8-19(25(27)28)15-20(21)24(32(2,29)30)16-22(26)23-12-10-18(11-13-23)14-17-6-4-3-5-7-17/h3-9,15,18H,10-14,16H2,1-2H3. The number of nitro groups is 1. The predicted molar refractivity (Wildman–Crippen MR) is 121 cm³/mol. The van der Waals surface area contributed by atoms with Crippen LogP contribution in [0.5, 0.6) is 5.75 Å². The molecule has 0 N–H and O–H groups in total. The number of anilines is 1. The predicted octanol–water partition coefficient (Wildman–Crippen LogP) is 2.85. The summed E-state index contributed by atoms with van der Waals surface area (Å²) in [5.41, 5.74) is 0.943. The number of hydrogen-bond donors (Lipinski definition) is 0. The lowest BCUT2D eigenvalue weighted by Gasteiger charge is -2.34. The average molecular weight is 462 g/mol. The van der Waals surface area contributed by atoms with Crippen LogP contribution >= 0.6 is 0 Å². The molecule has 172 valence electrons. The van der Waals surface area contributed by atoms with Crippen LogP contribution in [0.15, 0.2) is 48.5 Å². The van der Waals surface area contributed by atoms with Crippen molar-refractivity contribution < 1.29 is 22.9 Å². The zero-order valence-electron chi connectivity index (χ0n) is 18.1. The molecule has 9 nitrogen and oxygen atoms in total. The van der Waals surface area contributed by atoms with Crippen LogP contribution in [-0.2, 0) is 21.2 Å². The average Bonchev–Trinajstić information content (AvgIpc) is 2.77. The first kappa shape index (κ1) is 23.5. The molecule has 0 aromatic heterocycles. The van der Waals surface area contributed by atoms with E-state index < -0.39 is 21.5 Å². The first-order valence-electron chi connectivity index (χ1n) is 10.3. The number of benzene rings is 2. The quantitative estimate of drug-likeness (QED) is 0.442. The van der Waals surface area contributed by atoms with Crippen molar-refractivity contribution in [3.63, 3.8) is 0 Å². The highest BCUT2D eigenvalue weighted by Gasteiger charge is 2.30. The number of sulfonamides is 1. The molecule has 0 unspecified atom stereocenters. The normalized spacial score (nSPS) is 14.8. The third kappa shape index (κ3) is 5.76. The molecule has 0 saturated carbocycles. The van der Waals surface area contributed by atoms with Crippen molar-refractivity contribution in [2.24, 2.45) is 5.92 Å². The van der Waals surface area contributed by atoms with Gasteiger partial charge in [0.05, 0.1) is 18.3 Å². The van der Waals surface area contributed by atoms with Crippen molar-refractivity contribution in [1.82, 2.24) is 4.90 Å². The Bertz CT molecular complexity index is 1070. The van der Waals surface area contributed by atoms with E-state index in [9.17, 15) is 23.3 Å². The van der Waals surface area contributed by atoms with E-state index in [-0.39, 0.29) is 23.0 Å². The zero-order chi connectivity index (χ0) is 23.3. The molecular formula is C22H27N3O6S. The molecule has 32 heavy (non-hydrogen) atoms. The number of carbonyl (C=O) groups is 1. The fourth-order valence-corrected chi connectivity index (χ4v) is 4.77. The topological polar surface area (TPSA) is 110 Å². The summed E-state index contributed by atoms with van der Waals surface area (Å²) in [5.74, 6) is 0.252. The van der Waals surface area contributed by atoms with Crippen LogP contribution in [0.3, 0.4) is 0 Å². The van der Waals surface area contributed by atoms with E-state index in [0.29, 0.717) is 19.0 Å². The minimum atomic E-state index is -3.89. The molecule has 1 saturated heterocycles. The lowest BCUT2D eigenvalue weighted by atomic mass is 9.90. The van der Waals surface area contributed by atoms with Crippen LogP contribution in [-0.4, -0.2) is 57.1 Å². The summed E-state index contributed by atoms with van der Waals surface area (Å²) in [7, 11) is -2.56. The van der Waals surface area contributed by atoms with Crippen LogP contribution < -0.4 is 9.04 Å². The maximum absolute atomic E-state index is 13.0. The van der Waals surface area contributed by atoms with Crippen LogP contribution in [0, 0.1) is 16.0 Å². The van der Waals surface area contributed by atoms with Gasteiger partial charge < -0.3 is 9.64 Å². The number of rotatable bonds is 8. The monoisotopic (exact) mass is 461 g/mol. The van der Waals surface area contributed by atoms with E-state index in [0.717, 1.165) is 35.9 Å². The Labute approximate surface area is 187 Å². The molecule has 0 bridgehead atoms. The third-order valence-electron chi connectivity index (χ3n) is 5.66. The van der Waals surface area contributed by atoms with Gasteiger partial charge in [-0.05, 0) is 36.8 Å². The Morgan fingerprint density at radius 2 is 1.84 bits per heavy atom. The van der Waals surface area contributed by atoms with E-state index in [1.54, 1.807) is 4.90 Å². The molecule has 2 aromatic rings. The Morgan fingerprint density at radius 1 is 1.19 bits per heavy atom. The molecule has 2 aromatic carbocycles. The van der Waals surface area contributed by atoms with Gasteiger partial charge in [0.25, 0.3) is 5.69 Å².